The molecule has 7 nitrogen and oxygen atoms in total. The highest BCUT2D eigenvalue weighted by Gasteiger charge is 2.17. The minimum absolute atomic E-state index is 0.0632. The van der Waals surface area contributed by atoms with Gasteiger partial charge in [0.05, 0.1) is 30.7 Å². The number of methoxy groups -OCH3 is 1. The second-order valence-corrected chi connectivity index (χ2v) is 9.13. The molecule has 0 bridgehead atoms. The topological polar surface area (TPSA) is 87.7 Å². The van der Waals surface area contributed by atoms with Crippen LogP contribution in [0.2, 0.25) is 0 Å². The van der Waals surface area contributed by atoms with E-state index >= 15 is 0 Å². The molecule has 0 saturated heterocycles. The fraction of sp³-hybridized carbons (Fsp3) is 0.500. The summed E-state index contributed by atoms with van der Waals surface area (Å²) in [6, 6.07) is 8.05. The Bertz CT molecular complexity index is 1060. The lowest BCUT2D eigenvalue weighted by Gasteiger charge is -2.25. The van der Waals surface area contributed by atoms with E-state index < -0.39 is 6.10 Å². The Balaban J connectivity index is 1.81. The predicted octanol–water partition coefficient (Wildman–Crippen LogP) is 3.58. The molecule has 3 aromatic rings. The van der Waals surface area contributed by atoms with Gasteiger partial charge in [-0.05, 0) is 38.3 Å². The summed E-state index contributed by atoms with van der Waals surface area (Å²) in [4.78, 5) is 23.5. The number of fused-ring (bicyclic) bond motifs is 1. The van der Waals surface area contributed by atoms with Crippen molar-refractivity contribution in [3.63, 3.8) is 0 Å². The van der Waals surface area contributed by atoms with Crippen molar-refractivity contribution in [3.05, 3.63) is 51.4 Å². The van der Waals surface area contributed by atoms with Gasteiger partial charge in [-0.1, -0.05) is 24.3 Å². The number of aliphatic hydroxyl groups is 1. The number of H-pyrrole nitrogens is 1. The van der Waals surface area contributed by atoms with Crippen LogP contribution in [0.5, 0.6) is 0 Å². The van der Waals surface area contributed by atoms with Gasteiger partial charge in [0.25, 0.3) is 5.56 Å². The predicted molar refractivity (Wildman–Crippen MR) is 129 cm³/mol. The lowest BCUT2D eigenvalue weighted by Crippen LogP contribution is -2.37. The Kier molecular flexibility index (Phi) is 8.95. The number of benzene rings is 1. The molecule has 0 fully saturated rings. The molecule has 0 aliphatic rings. The number of nitrogens with zero attached hydrogens (tertiary/aromatic N) is 2. The molecule has 0 aliphatic heterocycles. The molecule has 0 radical (unpaired) electrons. The SMILES string of the molecule is COCCCN(Cc1nc2scc(-c3ccccc3C)c2c(=O)[nH]1)CC(O)COC(C)C. The number of nitrogens with one attached hydrogen (secondary N) is 1. The molecule has 1 atom stereocenters. The van der Waals surface area contributed by atoms with Crippen molar-refractivity contribution in [3.8, 4) is 11.1 Å². The van der Waals surface area contributed by atoms with E-state index in [-0.39, 0.29) is 18.3 Å². The smallest absolute Gasteiger partial charge is 0.260 e. The summed E-state index contributed by atoms with van der Waals surface area (Å²) in [7, 11) is 1.67. The zero-order valence-electron chi connectivity index (χ0n) is 19.3. The van der Waals surface area contributed by atoms with Crippen LogP contribution >= 0.6 is 11.3 Å². The Morgan fingerprint density at radius 3 is 2.75 bits per heavy atom. The minimum Gasteiger partial charge on any atom is -0.389 e. The maximum Gasteiger partial charge on any atom is 0.260 e. The molecule has 1 aromatic carbocycles. The van der Waals surface area contributed by atoms with Crippen LogP contribution in [0.1, 0.15) is 31.7 Å². The van der Waals surface area contributed by atoms with Crippen LogP contribution in [-0.4, -0.2) is 65.6 Å². The first-order chi connectivity index (χ1) is 15.4. The van der Waals surface area contributed by atoms with E-state index in [1.54, 1.807) is 7.11 Å². The quantitative estimate of drug-likeness (QED) is 0.403. The van der Waals surface area contributed by atoms with Crippen molar-refractivity contribution >= 4 is 21.6 Å². The highest BCUT2D eigenvalue weighted by Crippen LogP contribution is 2.32. The van der Waals surface area contributed by atoms with Gasteiger partial charge < -0.3 is 19.6 Å². The number of aryl methyl sites for hydroxylation is 1. The van der Waals surface area contributed by atoms with Gasteiger partial charge in [-0.3, -0.25) is 9.69 Å². The monoisotopic (exact) mass is 459 g/mol. The molecular formula is C24H33N3O4S. The van der Waals surface area contributed by atoms with E-state index in [1.807, 2.05) is 50.4 Å². The van der Waals surface area contributed by atoms with Gasteiger partial charge in [-0.2, -0.15) is 0 Å². The molecule has 2 N–H and O–H groups in total. The third kappa shape index (κ3) is 6.46. The van der Waals surface area contributed by atoms with Crippen molar-refractivity contribution in [1.82, 2.24) is 14.9 Å². The van der Waals surface area contributed by atoms with Gasteiger partial charge in [-0.25, -0.2) is 4.98 Å². The number of rotatable bonds is 12. The number of aliphatic hydroxyl groups excluding tert-OH is 1. The van der Waals surface area contributed by atoms with Crippen molar-refractivity contribution in [2.75, 3.05) is 33.4 Å². The minimum atomic E-state index is -0.621. The summed E-state index contributed by atoms with van der Waals surface area (Å²) in [5, 5.41) is 13.0. The number of ether oxygens (including phenoxy) is 2. The Labute approximate surface area is 193 Å². The van der Waals surface area contributed by atoms with Gasteiger partial charge >= 0.3 is 0 Å². The molecule has 8 heteroatoms. The molecule has 0 saturated carbocycles. The summed E-state index contributed by atoms with van der Waals surface area (Å²) in [6.45, 7) is 8.41. The summed E-state index contributed by atoms with van der Waals surface area (Å²) in [5.74, 6) is 0.593. The third-order valence-electron chi connectivity index (χ3n) is 5.22. The fourth-order valence-electron chi connectivity index (χ4n) is 3.68. The highest BCUT2D eigenvalue weighted by molar-refractivity contribution is 7.17. The van der Waals surface area contributed by atoms with Crippen LogP contribution in [0.4, 0.5) is 0 Å². The first kappa shape index (κ1) is 24.5. The fourth-order valence-corrected chi connectivity index (χ4v) is 4.63. The third-order valence-corrected chi connectivity index (χ3v) is 6.09. The first-order valence-electron chi connectivity index (χ1n) is 11.0. The van der Waals surface area contributed by atoms with E-state index in [0.29, 0.717) is 37.5 Å². The van der Waals surface area contributed by atoms with E-state index in [0.717, 1.165) is 27.9 Å². The summed E-state index contributed by atoms with van der Waals surface area (Å²) < 4.78 is 10.7. The second kappa shape index (κ2) is 11.7. The Hall–Kier alpha value is -2.10. The van der Waals surface area contributed by atoms with Gasteiger partial charge in [0, 0.05) is 37.7 Å². The second-order valence-electron chi connectivity index (χ2n) is 8.27. The van der Waals surface area contributed by atoms with Crippen LogP contribution in [0.3, 0.4) is 0 Å². The van der Waals surface area contributed by atoms with E-state index in [9.17, 15) is 9.90 Å². The van der Waals surface area contributed by atoms with Gasteiger partial charge in [-0.15, -0.1) is 11.3 Å². The van der Waals surface area contributed by atoms with E-state index in [2.05, 4.69) is 9.88 Å². The van der Waals surface area contributed by atoms with Crippen molar-refractivity contribution in [2.45, 2.75) is 45.9 Å². The van der Waals surface area contributed by atoms with E-state index in [4.69, 9.17) is 14.5 Å². The van der Waals surface area contributed by atoms with Crippen molar-refractivity contribution in [1.29, 1.82) is 0 Å². The maximum absolute atomic E-state index is 13.0. The number of hydrogen-bond donors (Lipinski definition) is 2. The van der Waals surface area contributed by atoms with Gasteiger partial charge in [0.15, 0.2) is 0 Å². The average Bonchev–Trinajstić information content (AvgIpc) is 3.17. The van der Waals surface area contributed by atoms with E-state index in [1.165, 1.54) is 11.3 Å². The molecule has 1 unspecified atom stereocenters. The van der Waals surface area contributed by atoms with Crippen molar-refractivity contribution in [2.24, 2.45) is 0 Å². The molecular weight excluding hydrogens is 426 g/mol. The molecule has 0 amide bonds. The molecule has 32 heavy (non-hydrogen) atoms. The zero-order valence-corrected chi connectivity index (χ0v) is 20.1. The standard InChI is InChI=1S/C24H33N3O4S/c1-16(2)31-14-18(28)12-27(10-7-11-30-4)13-21-25-23(29)22-20(15-32-24(22)26-21)19-9-6-5-8-17(19)3/h5-6,8-9,15-16,18,28H,7,10-14H2,1-4H3,(H,25,26,29). The molecule has 0 aliphatic carbocycles. The molecule has 0 spiro atoms. The van der Waals surface area contributed by atoms with Crippen LogP contribution < -0.4 is 5.56 Å². The largest absolute Gasteiger partial charge is 0.389 e. The zero-order chi connectivity index (χ0) is 23.1. The lowest BCUT2D eigenvalue weighted by molar-refractivity contribution is -0.0106. The molecule has 2 heterocycles. The lowest BCUT2D eigenvalue weighted by atomic mass is 10.0. The summed E-state index contributed by atoms with van der Waals surface area (Å²) in [6.07, 6.45) is 0.259. The number of aromatic amines is 1. The normalized spacial score (nSPS) is 12.8. The maximum atomic E-state index is 13.0. The number of hydrogen-bond acceptors (Lipinski definition) is 7. The highest BCUT2D eigenvalue weighted by atomic mass is 32.1. The molecule has 174 valence electrons. The average molecular weight is 460 g/mol. The van der Waals surface area contributed by atoms with Crippen LogP contribution in [0.25, 0.3) is 21.3 Å². The summed E-state index contributed by atoms with van der Waals surface area (Å²) in [5.41, 5.74) is 2.96. The van der Waals surface area contributed by atoms with Crippen LogP contribution in [0.15, 0.2) is 34.4 Å². The van der Waals surface area contributed by atoms with Crippen LogP contribution in [-0.2, 0) is 16.0 Å². The van der Waals surface area contributed by atoms with Crippen molar-refractivity contribution < 1.29 is 14.6 Å². The van der Waals surface area contributed by atoms with Gasteiger partial charge in [0.1, 0.15) is 10.7 Å². The van der Waals surface area contributed by atoms with Crippen LogP contribution in [0, 0.1) is 6.92 Å². The Morgan fingerprint density at radius 2 is 2.03 bits per heavy atom. The summed E-state index contributed by atoms with van der Waals surface area (Å²) >= 11 is 1.48. The molecule has 3 rings (SSSR count). The Morgan fingerprint density at radius 1 is 1.25 bits per heavy atom. The number of aromatic nitrogens is 2. The van der Waals surface area contributed by atoms with Gasteiger partial charge in [0.2, 0.25) is 0 Å². The first-order valence-corrected chi connectivity index (χ1v) is 11.8. The molecule has 2 aromatic heterocycles. The number of thiophene rings is 1.